The standard InChI is InChI=1S/C28H30N6O2/c1-19-10-11-22(36-19)18-34-25-8-4-3-7-24(25)31-28(34)30-21-12-15-32(17-21)16-13-23-20(2)29-26-9-5-6-14-33(26)27(23)35/h3-11,14,21H,12-13,15-18H2,1-2H3,(H,30,31). The summed E-state index contributed by atoms with van der Waals surface area (Å²) in [5.41, 5.74) is 4.41. The Balaban J connectivity index is 1.16. The zero-order valence-corrected chi connectivity index (χ0v) is 20.6. The highest BCUT2D eigenvalue weighted by Gasteiger charge is 2.25. The van der Waals surface area contributed by atoms with Gasteiger partial charge in [0.1, 0.15) is 17.2 Å². The Bertz CT molecular complexity index is 1600. The van der Waals surface area contributed by atoms with Gasteiger partial charge in [-0.2, -0.15) is 0 Å². The zero-order chi connectivity index (χ0) is 24.6. The molecule has 1 aliphatic rings. The van der Waals surface area contributed by atoms with Crippen molar-refractivity contribution in [2.75, 3.05) is 25.0 Å². The first-order valence-electron chi connectivity index (χ1n) is 12.5. The molecule has 0 bridgehead atoms. The SMILES string of the molecule is Cc1ccc(Cn2c(NC3CCN(CCc4c(C)nc5ccccn5c4=O)C3)nc3ccccc32)o1. The van der Waals surface area contributed by atoms with Gasteiger partial charge in [-0.05, 0) is 63.1 Å². The molecule has 5 aromatic rings. The van der Waals surface area contributed by atoms with Crippen molar-refractivity contribution in [3.63, 3.8) is 0 Å². The van der Waals surface area contributed by atoms with E-state index in [0.717, 1.165) is 65.8 Å². The minimum absolute atomic E-state index is 0.0360. The third kappa shape index (κ3) is 4.28. The molecule has 1 aromatic carbocycles. The number of aryl methyl sites for hydroxylation is 2. The maximum Gasteiger partial charge on any atom is 0.261 e. The van der Waals surface area contributed by atoms with Gasteiger partial charge in [0.05, 0.1) is 17.6 Å². The van der Waals surface area contributed by atoms with Crippen molar-refractivity contribution in [2.45, 2.75) is 39.3 Å². The minimum atomic E-state index is 0.0360. The highest BCUT2D eigenvalue weighted by atomic mass is 16.3. The summed E-state index contributed by atoms with van der Waals surface area (Å²) < 4.78 is 9.69. The van der Waals surface area contributed by atoms with E-state index in [2.05, 4.69) is 25.8 Å². The maximum atomic E-state index is 13.0. The molecule has 1 aliphatic heterocycles. The number of imidazole rings is 1. The summed E-state index contributed by atoms with van der Waals surface area (Å²) in [6.45, 7) is 7.25. The molecule has 8 heteroatoms. The van der Waals surface area contributed by atoms with E-state index in [-0.39, 0.29) is 11.6 Å². The summed E-state index contributed by atoms with van der Waals surface area (Å²) in [6.07, 6.45) is 3.51. The molecule has 36 heavy (non-hydrogen) atoms. The molecule has 0 amide bonds. The summed E-state index contributed by atoms with van der Waals surface area (Å²) in [5, 5.41) is 3.69. The fourth-order valence-corrected chi connectivity index (χ4v) is 5.20. The van der Waals surface area contributed by atoms with Crippen LogP contribution in [0.2, 0.25) is 0 Å². The lowest BCUT2D eigenvalue weighted by molar-refractivity contribution is 0.339. The Kier molecular flexibility index (Phi) is 5.81. The average molecular weight is 483 g/mol. The summed E-state index contributed by atoms with van der Waals surface area (Å²) in [6, 6.07) is 18.2. The van der Waals surface area contributed by atoms with Gasteiger partial charge in [-0.25, -0.2) is 9.97 Å². The average Bonchev–Trinajstić information content (AvgIpc) is 3.59. The van der Waals surface area contributed by atoms with E-state index < -0.39 is 0 Å². The second-order valence-corrected chi connectivity index (χ2v) is 9.61. The number of pyridine rings is 1. The van der Waals surface area contributed by atoms with Gasteiger partial charge in [-0.3, -0.25) is 9.20 Å². The Morgan fingerprint density at radius 3 is 2.78 bits per heavy atom. The molecule has 8 nitrogen and oxygen atoms in total. The molecular weight excluding hydrogens is 452 g/mol. The molecule has 5 heterocycles. The second kappa shape index (κ2) is 9.28. The lowest BCUT2D eigenvalue weighted by atomic mass is 10.1. The number of hydrogen-bond donors (Lipinski definition) is 1. The number of aromatic nitrogens is 4. The Labute approximate surface area is 209 Å². The molecule has 1 fully saturated rings. The normalized spacial score (nSPS) is 16.3. The Hall–Kier alpha value is -3.91. The second-order valence-electron chi connectivity index (χ2n) is 9.61. The van der Waals surface area contributed by atoms with Gasteiger partial charge < -0.3 is 19.2 Å². The van der Waals surface area contributed by atoms with Gasteiger partial charge in [0.15, 0.2) is 0 Å². The van der Waals surface area contributed by atoms with Gasteiger partial charge in [0, 0.05) is 43.1 Å². The van der Waals surface area contributed by atoms with Crippen molar-refractivity contribution in [1.82, 2.24) is 23.8 Å². The van der Waals surface area contributed by atoms with Crippen LogP contribution in [0.5, 0.6) is 0 Å². The molecule has 1 saturated heterocycles. The molecule has 6 rings (SSSR count). The van der Waals surface area contributed by atoms with E-state index in [4.69, 9.17) is 9.40 Å². The molecule has 4 aromatic heterocycles. The van der Waals surface area contributed by atoms with E-state index in [9.17, 15) is 4.79 Å². The van der Waals surface area contributed by atoms with Crippen molar-refractivity contribution >= 4 is 22.6 Å². The molecule has 1 N–H and O–H groups in total. The van der Waals surface area contributed by atoms with E-state index in [1.54, 1.807) is 10.6 Å². The third-order valence-electron chi connectivity index (χ3n) is 7.08. The third-order valence-corrected chi connectivity index (χ3v) is 7.08. The first kappa shape index (κ1) is 22.5. The molecule has 0 saturated carbocycles. The predicted molar refractivity (Wildman–Crippen MR) is 141 cm³/mol. The van der Waals surface area contributed by atoms with Gasteiger partial charge >= 0.3 is 0 Å². The van der Waals surface area contributed by atoms with Gasteiger partial charge in [0.2, 0.25) is 5.95 Å². The van der Waals surface area contributed by atoms with E-state index in [0.29, 0.717) is 18.6 Å². The summed E-state index contributed by atoms with van der Waals surface area (Å²) in [5.74, 6) is 2.69. The fourth-order valence-electron chi connectivity index (χ4n) is 5.20. The van der Waals surface area contributed by atoms with Crippen LogP contribution in [-0.4, -0.2) is 49.5 Å². The van der Waals surface area contributed by atoms with Crippen LogP contribution in [0.4, 0.5) is 5.95 Å². The van der Waals surface area contributed by atoms with Crippen LogP contribution in [0.25, 0.3) is 16.7 Å². The van der Waals surface area contributed by atoms with E-state index in [1.165, 1.54) is 0 Å². The van der Waals surface area contributed by atoms with Crippen molar-refractivity contribution < 1.29 is 4.42 Å². The van der Waals surface area contributed by atoms with Crippen LogP contribution in [0, 0.1) is 13.8 Å². The molecule has 1 unspecified atom stereocenters. The number of rotatable bonds is 7. The number of fused-ring (bicyclic) bond motifs is 2. The van der Waals surface area contributed by atoms with Crippen LogP contribution in [0.1, 0.15) is 29.2 Å². The summed E-state index contributed by atoms with van der Waals surface area (Å²) in [7, 11) is 0. The highest BCUT2D eigenvalue weighted by molar-refractivity contribution is 5.78. The smallest absolute Gasteiger partial charge is 0.261 e. The van der Waals surface area contributed by atoms with Crippen molar-refractivity contribution in [3.8, 4) is 0 Å². The lowest BCUT2D eigenvalue weighted by Gasteiger charge is -2.18. The van der Waals surface area contributed by atoms with Crippen LogP contribution in [0.3, 0.4) is 0 Å². The largest absolute Gasteiger partial charge is 0.464 e. The summed E-state index contributed by atoms with van der Waals surface area (Å²) in [4.78, 5) is 24.9. The van der Waals surface area contributed by atoms with Crippen molar-refractivity contribution in [3.05, 3.63) is 93.9 Å². The number of hydrogen-bond acceptors (Lipinski definition) is 6. The van der Waals surface area contributed by atoms with Crippen molar-refractivity contribution in [1.29, 1.82) is 0 Å². The van der Waals surface area contributed by atoms with Gasteiger partial charge in [-0.1, -0.05) is 18.2 Å². The first-order chi connectivity index (χ1) is 17.5. The summed E-state index contributed by atoms with van der Waals surface area (Å²) >= 11 is 0. The minimum Gasteiger partial charge on any atom is -0.464 e. The molecular formula is C28H30N6O2. The Morgan fingerprint density at radius 1 is 1.06 bits per heavy atom. The Morgan fingerprint density at radius 2 is 1.92 bits per heavy atom. The number of furan rings is 1. The molecule has 0 aliphatic carbocycles. The quantitative estimate of drug-likeness (QED) is 0.377. The number of nitrogens with one attached hydrogen (secondary N) is 1. The number of likely N-dealkylation sites (tertiary alicyclic amines) is 1. The van der Waals surface area contributed by atoms with Crippen molar-refractivity contribution in [2.24, 2.45) is 0 Å². The number of para-hydroxylation sites is 2. The number of anilines is 1. The van der Waals surface area contributed by atoms with Crippen LogP contribution in [-0.2, 0) is 13.0 Å². The predicted octanol–water partition coefficient (Wildman–Crippen LogP) is 4.03. The highest BCUT2D eigenvalue weighted by Crippen LogP contribution is 2.24. The number of nitrogens with zero attached hydrogens (tertiary/aromatic N) is 5. The fraction of sp³-hybridized carbons (Fsp3) is 0.321. The molecule has 0 radical (unpaired) electrons. The topological polar surface area (TPSA) is 80.6 Å². The first-order valence-corrected chi connectivity index (χ1v) is 12.5. The zero-order valence-electron chi connectivity index (χ0n) is 20.6. The maximum absolute atomic E-state index is 13.0. The van der Waals surface area contributed by atoms with E-state index in [1.807, 2.05) is 62.4 Å². The molecule has 0 spiro atoms. The van der Waals surface area contributed by atoms with Gasteiger partial charge in [-0.15, -0.1) is 0 Å². The monoisotopic (exact) mass is 482 g/mol. The molecule has 1 atom stereocenters. The lowest BCUT2D eigenvalue weighted by Crippen LogP contribution is -2.30. The van der Waals surface area contributed by atoms with E-state index >= 15 is 0 Å². The molecule has 184 valence electrons. The van der Waals surface area contributed by atoms with Crippen LogP contribution in [0.15, 0.2) is 70.0 Å². The van der Waals surface area contributed by atoms with Gasteiger partial charge in [0.25, 0.3) is 5.56 Å². The van der Waals surface area contributed by atoms with Crippen LogP contribution >= 0.6 is 0 Å². The van der Waals surface area contributed by atoms with Crippen LogP contribution < -0.4 is 10.9 Å². The number of benzene rings is 1.